The third-order valence-corrected chi connectivity index (χ3v) is 13.8. The molecule has 4 aliphatic rings. The number of hydrogen-bond acceptors (Lipinski definition) is 1. The van der Waals surface area contributed by atoms with Gasteiger partial charge in [-0.2, -0.15) is 0 Å². The molecule has 0 saturated heterocycles. The molecule has 40 heavy (non-hydrogen) atoms. The molecule has 1 amide bonds. The van der Waals surface area contributed by atoms with E-state index in [-0.39, 0.29) is 5.92 Å². The van der Waals surface area contributed by atoms with Gasteiger partial charge in [0.05, 0.1) is 26.2 Å². The highest BCUT2D eigenvalue weighted by Crippen LogP contribution is 2.67. The van der Waals surface area contributed by atoms with E-state index >= 15 is 0 Å². The molecule has 4 rings (SSSR count). The van der Waals surface area contributed by atoms with Gasteiger partial charge < -0.3 is 9.80 Å². The molecule has 3 fully saturated rings. The fourth-order valence-electron chi connectivity index (χ4n) is 10.8. The van der Waals surface area contributed by atoms with E-state index in [0.29, 0.717) is 16.7 Å². The van der Waals surface area contributed by atoms with Gasteiger partial charge >= 0.3 is 0 Å². The van der Waals surface area contributed by atoms with E-state index < -0.39 is 0 Å². The number of quaternary nitrogens is 1. The Hall–Kier alpha value is -0.830. The average molecular weight is 556 g/mol. The molecule has 0 spiro atoms. The van der Waals surface area contributed by atoms with E-state index in [1.54, 1.807) is 5.57 Å². The maximum atomic E-state index is 13.3. The van der Waals surface area contributed by atoms with Gasteiger partial charge in [0.1, 0.15) is 0 Å². The molecule has 0 radical (unpaired) electrons. The topological polar surface area (TPSA) is 29.1 Å². The third-order valence-electron chi connectivity index (χ3n) is 13.8. The summed E-state index contributed by atoms with van der Waals surface area (Å²) in [4.78, 5) is 13.3. The van der Waals surface area contributed by atoms with Crippen LogP contribution in [0.3, 0.4) is 0 Å². The van der Waals surface area contributed by atoms with E-state index in [4.69, 9.17) is 0 Å². The Balaban J connectivity index is 1.34. The fraction of sp³-hybridized carbons (Fsp3) is 0.919. The van der Waals surface area contributed by atoms with Gasteiger partial charge in [-0.1, -0.05) is 65.5 Å². The van der Waals surface area contributed by atoms with Crippen LogP contribution < -0.4 is 5.32 Å². The Morgan fingerprint density at radius 2 is 1.68 bits per heavy atom. The van der Waals surface area contributed by atoms with Crippen molar-refractivity contribution in [2.24, 2.45) is 52.3 Å². The number of hydrogen-bond donors (Lipinski definition) is 1. The summed E-state index contributed by atoms with van der Waals surface area (Å²) in [6, 6.07) is 0. The normalized spacial score (nSPS) is 36.4. The molecule has 8 atom stereocenters. The number of allylic oxidation sites excluding steroid dienone is 2. The van der Waals surface area contributed by atoms with E-state index in [0.717, 1.165) is 61.3 Å². The molecule has 0 aromatic carbocycles. The van der Waals surface area contributed by atoms with Gasteiger partial charge in [0.25, 0.3) is 0 Å². The predicted molar refractivity (Wildman–Crippen MR) is 171 cm³/mol. The minimum atomic E-state index is 0.190. The van der Waals surface area contributed by atoms with Crippen LogP contribution in [0.4, 0.5) is 0 Å². The number of nitrogens with one attached hydrogen (secondary N) is 1. The summed E-state index contributed by atoms with van der Waals surface area (Å²) in [5, 5.41) is 3.36. The number of fused-ring (bicyclic) bond motifs is 5. The first-order valence-corrected chi connectivity index (χ1v) is 17.9. The van der Waals surface area contributed by atoms with Gasteiger partial charge in [0.15, 0.2) is 0 Å². The van der Waals surface area contributed by atoms with Gasteiger partial charge in [0, 0.05) is 18.9 Å². The summed E-state index contributed by atoms with van der Waals surface area (Å²) in [5.74, 6) is 5.80. The minimum absolute atomic E-state index is 0.190. The summed E-state index contributed by atoms with van der Waals surface area (Å²) >= 11 is 0. The number of nitrogens with zero attached hydrogens (tertiary/aromatic N) is 1. The minimum Gasteiger partial charge on any atom is -0.356 e. The molecule has 4 aliphatic carbocycles. The molecule has 0 bridgehead atoms. The first-order chi connectivity index (χ1) is 19.0. The van der Waals surface area contributed by atoms with Crippen molar-refractivity contribution in [3.63, 3.8) is 0 Å². The lowest BCUT2D eigenvalue weighted by Crippen LogP contribution is -2.51. The zero-order valence-corrected chi connectivity index (χ0v) is 28.0. The van der Waals surface area contributed by atoms with E-state index in [1.807, 2.05) is 0 Å². The highest BCUT2D eigenvalue weighted by molar-refractivity contribution is 5.79. The van der Waals surface area contributed by atoms with Crippen LogP contribution in [0.15, 0.2) is 11.6 Å². The summed E-state index contributed by atoms with van der Waals surface area (Å²) < 4.78 is 1.17. The van der Waals surface area contributed by atoms with Crippen LogP contribution in [0, 0.1) is 52.3 Å². The van der Waals surface area contributed by atoms with Crippen LogP contribution in [0.1, 0.15) is 132 Å². The average Bonchev–Trinajstić information content (AvgIpc) is 3.30. The van der Waals surface area contributed by atoms with Crippen LogP contribution >= 0.6 is 0 Å². The second kappa shape index (κ2) is 13.2. The zero-order chi connectivity index (χ0) is 29.1. The van der Waals surface area contributed by atoms with Crippen molar-refractivity contribution >= 4 is 5.91 Å². The fourth-order valence-corrected chi connectivity index (χ4v) is 10.8. The standard InChI is InChI=1S/C37H66N2O/c1-9-39(10-2,11-3)25-13-24-38-35(40)29-20-22-36(7)30(26-29)16-17-31-33-19-18-32(28(6)15-12-14-27(4)5)37(33,8)23-21-34(31)36/h16,27-29,31-34H,9-15,17-26H2,1-8H3/p+1/t28-,29+,31+,32-,33+,34+,36+,37-/m1/s1. The molecular formula is C37H67N2O+. The number of amides is 1. The Kier molecular flexibility index (Phi) is 10.6. The molecule has 0 aromatic rings. The van der Waals surface area contributed by atoms with Gasteiger partial charge in [0.2, 0.25) is 5.91 Å². The van der Waals surface area contributed by atoms with Crippen LogP contribution in [0.5, 0.6) is 0 Å². The highest BCUT2D eigenvalue weighted by atomic mass is 16.1. The van der Waals surface area contributed by atoms with Crippen LogP contribution in [-0.4, -0.2) is 43.1 Å². The number of carbonyl (C=O) groups excluding carboxylic acids is 1. The van der Waals surface area contributed by atoms with E-state index in [9.17, 15) is 4.79 Å². The molecule has 0 aromatic heterocycles. The number of rotatable bonds is 13. The van der Waals surface area contributed by atoms with Crippen LogP contribution in [-0.2, 0) is 4.79 Å². The van der Waals surface area contributed by atoms with E-state index in [2.05, 4.69) is 66.8 Å². The van der Waals surface area contributed by atoms with Crippen molar-refractivity contribution in [2.45, 2.75) is 132 Å². The molecule has 230 valence electrons. The SMILES string of the molecule is CC[N+](CC)(CC)CCCNC(=O)[C@H]1CC[C@@]2(C)C(=CC[C@H]3[C@@H]4CC[C@H]([C@H](C)CCCC(C)C)[C@@]4(C)CC[C@@H]32)C1. The smallest absolute Gasteiger partial charge is 0.223 e. The predicted octanol–water partition coefficient (Wildman–Crippen LogP) is 9.03. The van der Waals surface area contributed by atoms with Gasteiger partial charge in [-0.05, 0) is 118 Å². The first kappa shape index (κ1) is 32.1. The largest absolute Gasteiger partial charge is 0.356 e. The Labute approximate surface area is 249 Å². The summed E-state index contributed by atoms with van der Waals surface area (Å²) in [5.41, 5.74) is 2.54. The van der Waals surface area contributed by atoms with Crippen LogP contribution in [0.2, 0.25) is 0 Å². The second-order valence-corrected chi connectivity index (χ2v) is 15.9. The first-order valence-electron chi connectivity index (χ1n) is 17.9. The lowest BCUT2D eigenvalue weighted by Gasteiger charge is -2.58. The van der Waals surface area contributed by atoms with Crippen molar-refractivity contribution in [2.75, 3.05) is 32.7 Å². The Bertz CT molecular complexity index is 865. The third kappa shape index (κ3) is 6.26. The van der Waals surface area contributed by atoms with Gasteiger partial charge in [-0.15, -0.1) is 0 Å². The van der Waals surface area contributed by atoms with Crippen molar-refractivity contribution in [3.8, 4) is 0 Å². The summed E-state index contributed by atoms with van der Waals surface area (Å²) in [7, 11) is 0. The lowest BCUT2D eigenvalue weighted by molar-refractivity contribution is -0.923. The van der Waals surface area contributed by atoms with Gasteiger partial charge in [-0.25, -0.2) is 0 Å². The van der Waals surface area contributed by atoms with Crippen molar-refractivity contribution in [3.05, 3.63) is 11.6 Å². The molecule has 0 aliphatic heterocycles. The maximum Gasteiger partial charge on any atom is 0.223 e. The van der Waals surface area contributed by atoms with Crippen LogP contribution in [0.25, 0.3) is 0 Å². The monoisotopic (exact) mass is 556 g/mol. The highest BCUT2D eigenvalue weighted by Gasteiger charge is 2.59. The Morgan fingerprint density at radius 1 is 0.950 bits per heavy atom. The molecule has 3 nitrogen and oxygen atoms in total. The Morgan fingerprint density at radius 3 is 2.35 bits per heavy atom. The molecule has 3 heteroatoms. The molecule has 0 unspecified atom stereocenters. The second-order valence-electron chi connectivity index (χ2n) is 15.9. The summed E-state index contributed by atoms with van der Waals surface area (Å²) in [6.45, 7) is 25.2. The van der Waals surface area contributed by atoms with Gasteiger partial charge in [-0.3, -0.25) is 4.79 Å². The zero-order valence-electron chi connectivity index (χ0n) is 28.0. The van der Waals surface area contributed by atoms with Crippen molar-refractivity contribution < 1.29 is 9.28 Å². The number of carbonyl (C=O) groups is 1. The molecule has 1 N–H and O–H groups in total. The molecule has 0 heterocycles. The maximum absolute atomic E-state index is 13.3. The van der Waals surface area contributed by atoms with Crippen molar-refractivity contribution in [1.82, 2.24) is 5.32 Å². The van der Waals surface area contributed by atoms with Crippen molar-refractivity contribution in [1.29, 1.82) is 0 Å². The molecular weight excluding hydrogens is 488 g/mol. The molecule has 3 saturated carbocycles. The quantitative estimate of drug-likeness (QED) is 0.137. The lowest BCUT2D eigenvalue weighted by atomic mass is 9.46. The summed E-state index contributed by atoms with van der Waals surface area (Å²) in [6.07, 6.45) is 18.4. The van der Waals surface area contributed by atoms with E-state index in [1.165, 1.54) is 88.4 Å².